The fourth-order valence-electron chi connectivity index (χ4n) is 2.72. The van der Waals surface area contributed by atoms with Crippen molar-refractivity contribution < 1.29 is 18.0 Å². The number of halogens is 3. The van der Waals surface area contributed by atoms with Gasteiger partial charge in [0.25, 0.3) is 5.78 Å². The van der Waals surface area contributed by atoms with Crippen LogP contribution < -0.4 is 0 Å². The zero-order valence-corrected chi connectivity index (χ0v) is 13.7. The Hall–Kier alpha value is -3.55. The first-order valence-electron chi connectivity index (χ1n) is 7.90. The summed E-state index contributed by atoms with van der Waals surface area (Å²) >= 11 is 0. The van der Waals surface area contributed by atoms with E-state index in [1.54, 1.807) is 12.1 Å². The third kappa shape index (κ3) is 3.17. The minimum Gasteiger partial charge on any atom is -0.298 e. The van der Waals surface area contributed by atoms with E-state index in [0.29, 0.717) is 17.5 Å². The normalized spacial score (nSPS) is 11.7. The highest BCUT2D eigenvalue weighted by atomic mass is 19.4. The molecule has 0 radical (unpaired) electrons. The van der Waals surface area contributed by atoms with Gasteiger partial charge < -0.3 is 0 Å². The van der Waals surface area contributed by atoms with Crippen LogP contribution in [0.15, 0.2) is 60.9 Å². The summed E-state index contributed by atoms with van der Waals surface area (Å²) in [6, 6.07) is 14.5. The summed E-state index contributed by atoms with van der Waals surface area (Å²) in [5.74, 6) is -0.124. The molecule has 0 unspecified atom stereocenters. The average molecular weight is 368 g/mol. The van der Waals surface area contributed by atoms with E-state index in [1.807, 2.05) is 36.4 Å². The maximum Gasteiger partial charge on any atom is 0.435 e. The van der Waals surface area contributed by atoms with Crippen molar-refractivity contribution in [1.82, 2.24) is 19.6 Å². The number of carbonyl (C=O) groups is 1. The van der Waals surface area contributed by atoms with Crippen molar-refractivity contribution in [3.8, 4) is 22.4 Å². The van der Waals surface area contributed by atoms with Crippen molar-refractivity contribution in [2.75, 3.05) is 0 Å². The van der Waals surface area contributed by atoms with Crippen LogP contribution in [-0.2, 0) is 6.18 Å². The third-order valence-corrected chi connectivity index (χ3v) is 4.06. The van der Waals surface area contributed by atoms with Crippen molar-refractivity contribution in [1.29, 1.82) is 0 Å². The molecular weight excluding hydrogens is 357 g/mol. The highest BCUT2D eigenvalue weighted by Gasteiger charge is 2.33. The van der Waals surface area contributed by atoms with Gasteiger partial charge in [-0.15, -0.1) is 0 Å². The van der Waals surface area contributed by atoms with Gasteiger partial charge in [-0.3, -0.25) is 4.79 Å². The molecule has 0 saturated heterocycles. The summed E-state index contributed by atoms with van der Waals surface area (Å²) < 4.78 is 39.6. The number of nitrogens with zero attached hydrogens (tertiary/aromatic N) is 4. The molecular formula is C19H11F3N4O. The van der Waals surface area contributed by atoms with Crippen LogP contribution >= 0.6 is 0 Å². The van der Waals surface area contributed by atoms with Gasteiger partial charge in [-0.25, -0.2) is 9.97 Å². The molecule has 0 N–H and O–H groups in total. The van der Waals surface area contributed by atoms with Crippen molar-refractivity contribution >= 4 is 12.1 Å². The molecule has 4 rings (SSSR count). The van der Waals surface area contributed by atoms with Crippen molar-refractivity contribution in [3.05, 3.63) is 72.2 Å². The first-order valence-corrected chi connectivity index (χ1v) is 7.90. The second-order valence-corrected chi connectivity index (χ2v) is 5.82. The maximum absolute atomic E-state index is 12.8. The van der Waals surface area contributed by atoms with E-state index in [2.05, 4.69) is 15.1 Å². The Morgan fingerprint density at radius 3 is 2.37 bits per heavy atom. The largest absolute Gasteiger partial charge is 0.435 e. The van der Waals surface area contributed by atoms with Crippen LogP contribution in [0.4, 0.5) is 13.2 Å². The zero-order valence-electron chi connectivity index (χ0n) is 13.7. The predicted molar refractivity (Wildman–Crippen MR) is 92.0 cm³/mol. The van der Waals surface area contributed by atoms with E-state index in [9.17, 15) is 18.0 Å². The van der Waals surface area contributed by atoms with Crippen molar-refractivity contribution in [2.24, 2.45) is 0 Å². The molecule has 0 bridgehead atoms. The minimum atomic E-state index is -4.57. The smallest absolute Gasteiger partial charge is 0.298 e. The molecule has 0 atom stereocenters. The number of aromatic nitrogens is 4. The Bertz CT molecular complexity index is 1130. The number of hydrogen-bond donors (Lipinski definition) is 0. The van der Waals surface area contributed by atoms with Crippen LogP contribution in [0.3, 0.4) is 0 Å². The van der Waals surface area contributed by atoms with Crippen LogP contribution in [0, 0.1) is 0 Å². The molecule has 2 heterocycles. The Kier molecular flexibility index (Phi) is 3.95. The molecule has 0 amide bonds. The molecule has 0 aliphatic heterocycles. The molecule has 4 aromatic rings. The lowest BCUT2D eigenvalue weighted by molar-refractivity contribution is -0.141. The molecule has 0 saturated carbocycles. The van der Waals surface area contributed by atoms with Crippen LogP contribution in [0.2, 0.25) is 0 Å². The summed E-state index contributed by atoms with van der Waals surface area (Å²) in [6.07, 6.45) is -1.69. The zero-order chi connectivity index (χ0) is 19.0. The number of fused-ring (bicyclic) bond motifs is 1. The van der Waals surface area contributed by atoms with Crippen LogP contribution in [0.5, 0.6) is 0 Å². The predicted octanol–water partition coefficient (Wildman–Crippen LogP) is 4.29. The highest BCUT2D eigenvalue weighted by Crippen LogP contribution is 2.29. The first-order chi connectivity index (χ1) is 13.0. The minimum absolute atomic E-state index is 0.124. The van der Waals surface area contributed by atoms with Gasteiger partial charge in [-0.1, -0.05) is 42.5 Å². The molecule has 0 aliphatic carbocycles. The van der Waals surface area contributed by atoms with E-state index >= 15 is 0 Å². The van der Waals surface area contributed by atoms with Crippen molar-refractivity contribution in [2.45, 2.75) is 6.18 Å². The lowest BCUT2D eigenvalue weighted by Crippen LogP contribution is -2.11. The Morgan fingerprint density at radius 1 is 0.926 bits per heavy atom. The van der Waals surface area contributed by atoms with E-state index in [-0.39, 0.29) is 5.78 Å². The number of aldehydes is 1. The fourth-order valence-corrected chi connectivity index (χ4v) is 2.72. The molecule has 8 heteroatoms. The van der Waals surface area contributed by atoms with Crippen LogP contribution in [0.25, 0.3) is 28.2 Å². The quantitative estimate of drug-likeness (QED) is 0.506. The number of carbonyl (C=O) groups excluding carboxylic acids is 1. The van der Waals surface area contributed by atoms with Crippen LogP contribution in [0.1, 0.15) is 16.1 Å². The second kappa shape index (κ2) is 6.31. The lowest BCUT2D eigenvalue weighted by Gasteiger charge is -2.07. The van der Waals surface area contributed by atoms with Gasteiger partial charge >= 0.3 is 6.18 Å². The van der Waals surface area contributed by atoms with E-state index in [4.69, 9.17) is 0 Å². The van der Waals surface area contributed by atoms with Crippen LogP contribution in [-0.4, -0.2) is 25.9 Å². The van der Waals surface area contributed by atoms with Gasteiger partial charge in [-0.2, -0.15) is 22.8 Å². The van der Waals surface area contributed by atoms with Gasteiger partial charge in [0, 0.05) is 11.1 Å². The van der Waals surface area contributed by atoms with E-state index < -0.39 is 11.9 Å². The Labute approximate surface area is 151 Å². The van der Waals surface area contributed by atoms with E-state index in [1.165, 1.54) is 10.7 Å². The average Bonchev–Trinajstić information content (AvgIpc) is 3.11. The third-order valence-electron chi connectivity index (χ3n) is 4.06. The van der Waals surface area contributed by atoms with Gasteiger partial charge in [0.15, 0.2) is 5.69 Å². The molecule has 0 spiro atoms. The topological polar surface area (TPSA) is 60.2 Å². The van der Waals surface area contributed by atoms with Gasteiger partial charge in [0.2, 0.25) is 0 Å². The van der Waals surface area contributed by atoms with Gasteiger partial charge in [0.1, 0.15) is 6.29 Å². The standard InChI is InChI=1S/C19H11F3N4O/c20-19(21,22)17-10-24-26-16(9-23-18(26)25-17)15-3-1-2-14(8-15)13-6-4-12(11-27)5-7-13/h1-11H. The molecule has 0 aliphatic rings. The molecule has 2 aromatic heterocycles. The molecule has 134 valence electrons. The molecule has 5 nitrogen and oxygen atoms in total. The highest BCUT2D eigenvalue weighted by molar-refractivity contribution is 5.78. The number of benzene rings is 2. The monoisotopic (exact) mass is 368 g/mol. The summed E-state index contributed by atoms with van der Waals surface area (Å²) in [5, 5.41) is 3.84. The summed E-state index contributed by atoms with van der Waals surface area (Å²) in [7, 11) is 0. The second-order valence-electron chi connectivity index (χ2n) is 5.82. The number of rotatable bonds is 3. The van der Waals surface area contributed by atoms with Gasteiger partial charge in [-0.05, 0) is 17.2 Å². The number of hydrogen-bond acceptors (Lipinski definition) is 4. The fraction of sp³-hybridized carbons (Fsp3) is 0.0526. The first kappa shape index (κ1) is 16.9. The maximum atomic E-state index is 12.8. The molecule has 2 aromatic carbocycles. The lowest BCUT2D eigenvalue weighted by atomic mass is 10.0. The van der Waals surface area contributed by atoms with E-state index in [0.717, 1.165) is 23.0 Å². The van der Waals surface area contributed by atoms with Gasteiger partial charge in [0.05, 0.1) is 18.1 Å². The number of imidazole rings is 1. The summed E-state index contributed by atoms with van der Waals surface area (Å²) in [4.78, 5) is 18.2. The number of alkyl halides is 3. The Balaban J connectivity index is 1.76. The Morgan fingerprint density at radius 2 is 1.67 bits per heavy atom. The summed E-state index contributed by atoms with van der Waals surface area (Å²) in [6.45, 7) is 0. The molecule has 27 heavy (non-hydrogen) atoms. The SMILES string of the molecule is O=Cc1ccc(-c2cccc(-c3cnc4nc(C(F)(F)F)cnn34)c2)cc1. The summed E-state index contributed by atoms with van der Waals surface area (Å²) in [5.41, 5.74) is 2.54. The van der Waals surface area contributed by atoms with Crippen molar-refractivity contribution in [3.63, 3.8) is 0 Å². The molecule has 0 fully saturated rings.